The molecule has 1 saturated heterocycles. The minimum atomic E-state index is -0.339. The molecular formula is C12H19N3O2S2. The van der Waals surface area contributed by atoms with Crippen molar-refractivity contribution in [1.82, 2.24) is 15.5 Å². The van der Waals surface area contributed by atoms with Gasteiger partial charge in [0.2, 0.25) is 0 Å². The van der Waals surface area contributed by atoms with Gasteiger partial charge >= 0.3 is 0 Å². The van der Waals surface area contributed by atoms with Crippen LogP contribution in [0.15, 0.2) is 9.85 Å². The summed E-state index contributed by atoms with van der Waals surface area (Å²) in [5, 5.41) is 12.1. The quantitative estimate of drug-likeness (QED) is 0.917. The maximum atomic E-state index is 5.86. The largest absolute Gasteiger partial charge is 0.347 e. The Labute approximate surface area is 121 Å². The fourth-order valence-electron chi connectivity index (χ4n) is 2.83. The molecule has 1 aliphatic heterocycles. The highest BCUT2D eigenvalue weighted by Crippen LogP contribution is 2.42. The third-order valence-corrected chi connectivity index (χ3v) is 5.81. The second-order valence-corrected chi connectivity index (χ2v) is 7.20. The molecule has 2 heterocycles. The first-order valence-electron chi connectivity index (χ1n) is 6.75. The fourth-order valence-corrected chi connectivity index (χ4v) is 4.92. The Morgan fingerprint density at radius 2 is 2.37 bits per heavy atom. The van der Waals surface area contributed by atoms with Crippen LogP contribution in [0.5, 0.6) is 0 Å². The first-order valence-corrected chi connectivity index (χ1v) is 8.51. The first kappa shape index (κ1) is 13.8. The molecule has 0 amide bonds. The standard InChI is InChI=1S/C12H19N3O2S2/c1-2-13-9-3-4-12(16-5-6-17-12)7-10(9)19-11-15-14-8-18-11/h8-10,13H,2-7H2,1H3. The van der Waals surface area contributed by atoms with Crippen LogP contribution in [0.3, 0.4) is 0 Å². The topological polar surface area (TPSA) is 56.3 Å². The highest BCUT2D eigenvalue weighted by molar-refractivity contribution is 8.01. The molecule has 1 aliphatic carbocycles. The van der Waals surface area contributed by atoms with E-state index < -0.39 is 0 Å². The van der Waals surface area contributed by atoms with Crippen molar-refractivity contribution in [3.8, 4) is 0 Å². The Morgan fingerprint density at radius 1 is 1.53 bits per heavy atom. The minimum Gasteiger partial charge on any atom is -0.347 e. The SMILES string of the molecule is CCNC1CCC2(CC1Sc1nncs1)OCCO2. The number of nitrogens with one attached hydrogen (secondary N) is 1. The Morgan fingerprint density at radius 3 is 3.05 bits per heavy atom. The summed E-state index contributed by atoms with van der Waals surface area (Å²) in [5.41, 5.74) is 1.78. The van der Waals surface area contributed by atoms with Gasteiger partial charge in [-0.1, -0.05) is 30.0 Å². The number of thioether (sulfide) groups is 1. The lowest BCUT2D eigenvalue weighted by molar-refractivity contribution is -0.178. The van der Waals surface area contributed by atoms with Crippen LogP contribution in [-0.4, -0.2) is 47.0 Å². The highest BCUT2D eigenvalue weighted by atomic mass is 32.2. The van der Waals surface area contributed by atoms with E-state index in [1.54, 1.807) is 28.6 Å². The highest BCUT2D eigenvalue weighted by Gasteiger charge is 2.45. The monoisotopic (exact) mass is 301 g/mol. The number of nitrogens with zero attached hydrogens (tertiary/aromatic N) is 2. The van der Waals surface area contributed by atoms with Crippen LogP contribution in [0.4, 0.5) is 0 Å². The molecule has 1 spiro atoms. The summed E-state index contributed by atoms with van der Waals surface area (Å²) in [6, 6.07) is 0.498. The zero-order valence-electron chi connectivity index (χ0n) is 11.0. The van der Waals surface area contributed by atoms with Crippen LogP contribution in [0, 0.1) is 0 Å². The molecule has 1 saturated carbocycles. The molecular weight excluding hydrogens is 282 g/mol. The van der Waals surface area contributed by atoms with Gasteiger partial charge < -0.3 is 14.8 Å². The van der Waals surface area contributed by atoms with Gasteiger partial charge in [-0.15, -0.1) is 10.2 Å². The van der Waals surface area contributed by atoms with E-state index in [4.69, 9.17) is 9.47 Å². The van der Waals surface area contributed by atoms with Crippen LogP contribution >= 0.6 is 23.1 Å². The van der Waals surface area contributed by atoms with Gasteiger partial charge in [-0.2, -0.15) is 0 Å². The number of ether oxygens (including phenoxy) is 2. The third kappa shape index (κ3) is 3.11. The summed E-state index contributed by atoms with van der Waals surface area (Å²) in [5.74, 6) is -0.339. The summed E-state index contributed by atoms with van der Waals surface area (Å²) < 4.78 is 12.8. The van der Waals surface area contributed by atoms with Crippen LogP contribution in [-0.2, 0) is 9.47 Å². The van der Waals surface area contributed by atoms with Gasteiger partial charge in [0.1, 0.15) is 5.51 Å². The van der Waals surface area contributed by atoms with Gasteiger partial charge in [-0.3, -0.25) is 0 Å². The predicted molar refractivity (Wildman–Crippen MR) is 75.5 cm³/mol. The summed E-state index contributed by atoms with van der Waals surface area (Å²) in [7, 11) is 0. The average molecular weight is 301 g/mol. The smallest absolute Gasteiger partial charge is 0.174 e. The molecule has 106 valence electrons. The number of aromatic nitrogens is 2. The lowest BCUT2D eigenvalue weighted by Crippen LogP contribution is -2.49. The van der Waals surface area contributed by atoms with E-state index in [0.717, 1.165) is 43.4 Å². The molecule has 1 aromatic heterocycles. The van der Waals surface area contributed by atoms with Crippen molar-refractivity contribution in [2.45, 2.75) is 47.6 Å². The summed E-state index contributed by atoms with van der Waals surface area (Å²) in [6.07, 6.45) is 3.00. The number of rotatable bonds is 4. The Kier molecular flexibility index (Phi) is 4.38. The number of hydrogen-bond acceptors (Lipinski definition) is 7. The normalized spacial score (nSPS) is 29.9. The molecule has 7 heteroatoms. The molecule has 0 aromatic carbocycles. The minimum absolute atomic E-state index is 0.339. The zero-order valence-corrected chi connectivity index (χ0v) is 12.6. The fraction of sp³-hybridized carbons (Fsp3) is 0.833. The molecule has 1 aromatic rings. The molecule has 2 unspecified atom stereocenters. The Balaban J connectivity index is 1.70. The Hall–Kier alpha value is -0.210. The van der Waals surface area contributed by atoms with E-state index >= 15 is 0 Å². The van der Waals surface area contributed by atoms with E-state index in [1.165, 1.54) is 0 Å². The van der Waals surface area contributed by atoms with Crippen molar-refractivity contribution in [2.24, 2.45) is 0 Å². The van der Waals surface area contributed by atoms with Crippen molar-refractivity contribution < 1.29 is 9.47 Å². The predicted octanol–water partition coefficient (Wildman–Crippen LogP) is 1.90. The van der Waals surface area contributed by atoms with E-state index in [2.05, 4.69) is 22.4 Å². The van der Waals surface area contributed by atoms with Crippen molar-refractivity contribution in [3.63, 3.8) is 0 Å². The van der Waals surface area contributed by atoms with Gasteiger partial charge in [-0.05, 0) is 13.0 Å². The molecule has 1 N–H and O–H groups in total. The van der Waals surface area contributed by atoms with Gasteiger partial charge in [0.05, 0.1) is 13.2 Å². The van der Waals surface area contributed by atoms with Crippen molar-refractivity contribution in [2.75, 3.05) is 19.8 Å². The van der Waals surface area contributed by atoms with Crippen molar-refractivity contribution >= 4 is 23.1 Å². The molecule has 2 fully saturated rings. The van der Waals surface area contributed by atoms with Crippen LogP contribution in [0.2, 0.25) is 0 Å². The molecule has 0 radical (unpaired) electrons. The summed E-state index contributed by atoms with van der Waals surface area (Å²) in [6.45, 7) is 4.59. The molecule has 19 heavy (non-hydrogen) atoms. The van der Waals surface area contributed by atoms with Crippen LogP contribution in [0.25, 0.3) is 0 Å². The third-order valence-electron chi connectivity index (χ3n) is 3.67. The molecule has 3 rings (SSSR count). The number of hydrogen-bond donors (Lipinski definition) is 1. The summed E-state index contributed by atoms with van der Waals surface area (Å²) in [4.78, 5) is 0. The van der Waals surface area contributed by atoms with Gasteiger partial charge in [-0.25, -0.2) is 0 Å². The summed E-state index contributed by atoms with van der Waals surface area (Å²) >= 11 is 3.40. The maximum Gasteiger partial charge on any atom is 0.174 e. The van der Waals surface area contributed by atoms with Crippen molar-refractivity contribution in [3.05, 3.63) is 5.51 Å². The second kappa shape index (κ2) is 6.05. The Bertz CT molecular complexity index is 396. The van der Waals surface area contributed by atoms with Crippen LogP contribution in [0.1, 0.15) is 26.2 Å². The molecule has 2 atom stereocenters. The van der Waals surface area contributed by atoms with Gasteiger partial charge in [0, 0.05) is 24.1 Å². The van der Waals surface area contributed by atoms with Crippen LogP contribution < -0.4 is 5.32 Å². The molecule has 0 bridgehead atoms. The lowest BCUT2D eigenvalue weighted by Gasteiger charge is -2.40. The first-order chi connectivity index (χ1) is 9.31. The van der Waals surface area contributed by atoms with E-state index in [-0.39, 0.29) is 5.79 Å². The lowest BCUT2D eigenvalue weighted by atomic mass is 9.89. The maximum absolute atomic E-state index is 5.86. The van der Waals surface area contributed by atoms with E-state index in [1.807, 2.05) is 0 Å². The second-order valence-electron chi connectivity index (χ2n) is 4.88. The molecule has 2 aliphatic rings. The van der Waals surface area contributed by atoms with E-state index in [0.29, 0.717) is 11.3 Å². The molecule has 5 nitrogen and oxygen atoms in total. The van der Waals surface area contributed by atoms with Gasteiger partial charge in [0.25, 0.3) is 0 Å². The average Bonchev–Trinajstić information content (AvgIpc) is 3.06. The van der Waals surface area contributed by atoms with Crippen molar-refractivity contribution in [1.29, 1.82) is 0 Å². The van der Waals surface area contributed by atoms with Gasteiger partial charge in [0.15, 0.2) is 10.1 Å². The van der Waals surface area contributed by atoms with E-state index in [9.17, 15) is 0 Å². The zero-order chi connectivity index (χ0) is 13.1.